The maximum Gasteiger partial charge on any atom is 0.167 e. The Kier molecular flexibility index (Phi) is 4.33. The van der Waals surface area contributed by atoms with Gasteiger partial charge in [0.2, 0.25) is 0 Å². The first kappa shape index (κ1) is 14.9. The zero-order valence-electron chi connectivity index (χ0n) is 11.1. The Balaban J connectivity index is 2.28. The van der Waals surface area contributed by atoms with Crippen LogP contribution in [-0.2, 0) is 6.42 Å². The minimum Gasteiger partial charge on any atom is -0.294 e. The largest absolute Gasteiger partial charge is 0.294 e. The molecular formula is C16H13BrF2O. The van der Waals surface area contributed by atoms with E-state index in [2.05, 4.69) is 15.9 Å². The van der Waals surface area contributed by atoms with Gasteiger partial charge in [-0.3, -0.25) is 4.79 Å². The van der Waals surface area contributed by atoms with Crippen LogP contribution in [0, 0.1) is 25.5 Å². The van der Waals surface area contributed by atoms with Crippen LogP contribution >= 0.6 is 15.9 Å². The summed E-state index contributed by atoms with van der Waals surface area (Å²) in [5.74, 6) is -1.94. The van der Waals surface area contributed by atoms with Crippen LogP contribution in [0.2, 0.25) is 0 Å². The number of carbonyl (C=O) groups excluding carboxylic acids is 1. The summed E-state index contributed by atoms with van der Waals surface area (Å²) in [5, 5.41) is 0. The van der Waals surface area contributed by atoms with Crippen molar-refractivity contribution in [1.82, 2.24) is 0 Å². The van der Waals surface area contributed by atoms with E-state index in [1.807, 2.05) is 26.0 Å². The van der Waals surface area contributed by atoms with Gasteiger partial charge in [-0.15, -0.1) is 0 Å². The normalized spacial score (nSPS) is 10.7. The lowest BCUT2D eigenvalue weighted by molar-refractivity contribution is 0.0992. The molecule has 20 heavy (non-hydrogen) atoms. The van der Waals surface area contributed by atoms with Crippen LogP contribution in [0.1, 0.15) is 27.0 Å². The summed E-state index contributed by atoms with van der Waals surface area (Å²) in [4.78, 5) is 12.3. The third-order valence-electron chi connectivity index (χ3n) is 3.15. The van der Waals surface area contributed by atoms with E-state index < -0.39 is 11.6 Å². The van der Waals surface area contributed by atoms with Gasteiger partial charge in [-0.05, 0) is 54.8 Å². The molecule has 0 amide bonds. The predicted molar refractivity (Wildman–Crippen MR) is 78.0 cm³/mol. The van der Waals surface area contributed by atoms with Crippen LogP contribution in [0.5, 0.6) is 0 Å². The highest BCUT2D eigenvalue weighted by Gasteiger charge is 2.13. The Hall–Kier alpha value is -1.55. The standard InChI is InChI=1S/C16H13BrF2O/c1-9-6-13(17)10(2)5-12(9)16(20)8-11-3-4-14(18)15(19)7-11/h3-7H,8H2,1-2H3. The van der Waals surface area contributed by atoms with Gasteiger partial charge < -0.3 is 0 Å². The van der Waals surface area contributed by atoms with E-state index in [4.69, 9.17) is 0 Å². The van der Waals surface area contributed by atoms with Crippen molar-refractivity contribution >= 4 is 21.7 Å². The molecule has 0 unspecified atom stereocenters. The fourth-order valence-corrected chi connectivity index (χ4v) is 2.47. The Morgan fingerprint density at radius 3 is 2.40 bits per heavy atom. The molecule has 0 fully saturated rings. The monoisotopic (exact) mass is 338 g/mol. The quantitative estimate of drug-likeness (QED) is 0.736. The highest BCUT2D eigenvalue weighted by molar-refractivity contribution is 9.10. The molecule has 0 saturated heterocycles. The Labute approximate surface area is 124 Å². The van der Waals surface area contributed by atoms with E-state index in [0.717, 1.165) is 27.7 Å². The van der Waals surface area contributed by atoms with Crippen molar-refractivity contribution in [3.63, 3.8) is 0 Å². The Morgan fingerprint density at radius 1 is 1.05 bits per heavy atom. The molecule has 0 spiro atoms. The first-order chi connectivity index (χ1) is 9.38. The maximum absolute atomic E-state index is 13.1. The van der Waals surface area contributed by atoms with Gasteiger partial charge in [-0.25, -0.2) is 8.78 Å². The summed E-state index contributed by atoms with van der Waals surface area (Å²) in [6.45, 7) is 3.75. The minimum absolute atomic E-state index is 0.0547. The molecule has 0 atom stereocenters. The summed E-state index contributed by atoms with van der Waals surface area (Å²) in [7, 11) is 0. The topological polar surface area (TPSA) is 17.1 Å². The van der Waals surface area contributed by atoms with Crippen LogP contribution in [-0.4, -0.2) is 5.78 Å². The van der Waals surface area contributed by atoms with Crippen molar-refractivity contribution in [3.8, 4) is 0 Å². The van der Waals surface area contributed by atoms with Crippen molar-refractivity contribution in [2.75, 3.05) is 0 Å². The third kappa shape index (κ3) is 3.12. The number of rotatable bonds is 3. The van der Waals surface area contributed by atoms with E-state index >= 15 is 0 Å². The van der Waals surface area contributed by atoms with Crippen LogP contribution < -0.4 is 0 Å². The third-order valence-corrected chi connectivity index (χ3v) is 4.01. The molecular weight excluding hydrogens is 326 g/mol. The van der Waals surface area contributed by atoms with Crippen LogP contribution in [0.25, 0.3) is 0 Å². The minimum atomic E-state index is -0.931. The van der Waals surface area contributed by atoms with Gasteiger partial charge in [0.1, 0.15) is 0 Å². The van der Waals surface area contributed by atoms with Gasteiger partial charge in [0, 0.05) is 16.5 Å². The van der Waals surface area contributed by atoms with Crippen LogP contribution in [0.4, 0.5) is 8.78 Å². The number of hydrogen-bond acceptors (Lipinski definition) is 1. The molecule has 104 valence electrons. The predicted octanol–water partition coefficient (Wildman–Crippen LogP) is 4.77. The van der Waals surface area contributed by atoms with Crippen molar-refractivity contribution in [3.05, 3.63) is 68.7 Å². The first-order valence-electron chi connectivity index (χ1n) is 6.12. The van der Waals surface area contributed by atoms with Crippen molar-refractivity contribution < 1.29 is 13.6 Å². The van der Waals surface area contributed by atoms with E-state index in [-0.39, 0.29) is 12.2 Å². The van der Waals surface area contributed by atoms with E-state index in [1.165, 1.54) is 6.07 Å². The lowest BCUT2D eigenvalue weighted by Crippen LogP contribution is -2.07. The number of Topliss-reactive ketones (excluding diaryl/α,β-unsaturated/α-hetero) is 1. The number of ketones is 1. The average Bonchev–Trinajstić information content (AvgIpc) is 2.38. The smallest absolute Gasteiger partial charge is 0.167 e. The molecule has 2 aromatic rings. The molecule has 4 heteroatoms. The van der Waals surface area contributed by atoms with E-state index in [0.29, 0.717) is 11.1 Å². The van der Waals surface area contributed by atoms with Gasteiger partial charge in [0.05, 0.1) is 0 Å². The van der Waals surface area contributed by atoms with Crippen molar-refractivity contribution in [2.24, 2.45) is 0 Å². The number of hydrogen-bond donors (Lipinski definition) is 0. The van der Waals surface area contributed by atoms with Gasteiger partial charge in [-0.1, -0.05) is 22.0 Å². The second-order valence-corrected chi connectivity index (χ2v) is 5.62. The molecule has 1 nitrogen and oxygen atoms in total. The number of carbonyl (C=O) groups is 1. The molecule has 0 N–H and O–H groups in total. The summed E-state index contributed by atoms with van der Waals surface area (Å²) < 4.78 is 26.9. The second-order valence-electron chi connectivity index (χ2n) is 4.76. The molecule has 0 aliphatic rings. The first-order valence-corrected chi connectivity index (χ1v) is 6.91. The average molecular weight is 339 g/mol. The van der Waals surface area contributed by atoms with Gasteiger partial charge in [0.25, 0.3) is 0 Å². The Bertz CT molecular complexity index is 680. The highest BCUT2D eigenvalue weighted by Crippen LogP contribution is 2.22. The van der Waals surface area contributed by atoms with Crippen molar-refractivity contribution in [2.45, 2.75) is 20.3 Å². The van der Waals surface area contributed by atoms with Gasteiger partial charge in [0.15, 0.2) is 17.4 Å². The van der Waals surface area contributed by atoms with E-state index in [1.54, 1.807) is 0 Å². The molecule has 0 heterocycles. The summed E-state index contributed by atoms with van der Waals surface area (Å²) >= 11 is 3.41. The lowest BCUT2D eigenvalue weighted by Gasteiger charge is -2.08. The van der Waals surface area contributed by atoms with Crippen molar-refractivity contribution in [1.29, 1.82) is 0 Å². The second kappa shape index (κ2) is 5.83. The lowest BCUT2D eigenvalue weighted by atomic mass is 9.97. The van der Waals surface area contributed by atoms with Gasteiger partial charge in [-0.2, -0.15) is 0 Å². The molecule has 0 aromatic heterocycles. The Morgan fingerprint density at radius 2 is 1.75 bits per heavy atom. The van der Waals surface area contributed by atoms with Crippen LogP contribution in [0.15, 0.2) is 34.8 Å². The summed E-state index contributed by atoms with van der Waals surface area (Å²) in [5.41, 5.74) is 2.89. The van der Waals surface area contributed by atoms with Gasteiger partial charge >= 0.3 is 0 Å². The fourth-order valence-electron chi connectivity index (χ4n) is 2.01. The number of halogens is 3. The molecule has 0 radical (unpaired) electrons. The van der Waals surface area contributed by atoms with E-state index in [9.17, 15) is 13.6 Å². The molecule has 2 rings (SSSR count). The molecule has 0 aliphatic carbocycles. The summed E-state index contributed by atoms with van der Waals surface area (Å²) in [6.07, 6.45) is 0.0547. The SMILES string of the molecule is Cc1cc(C(=O)Cc2ccc(F)c(F)c2)c(C)cc1Br. The number of benzene rings is 2. The molecule has 0 bridgehead atoms. The highest BCUT2D eigenvalue weighted by atomic mass is 79.9. The molecule has 0 saturated carbocycles. The number of aryl methyl sites for hydroxylation is 2. The molecule has 0 aliphatic heterocycles. The molecule has 2 aromatic carbocycles. The fraction of sp³-hybridized carbons (Fsp3) is 0.188. The zero-order valence-corrected chi connectivity index (χ0v) is 12.7. The van der Waals surface area contributed by atoms with Crippen LogP contribution in [0.3, 0.4) is 0 Å². The summed E-state index contributed by atoms with van der Waals surface area (Å²) in [6, 6.07) is 7.22. The maximum atomic E-state index is 13.1. The zero-order chi connectivity index (χ0) is 14.9.